The second-order valence-electron chi connectivity index (χ2n) is 4.55. The maximum absolute atomic E-state index is 9.00. The number of benzene rings is 2. The molecule has 102 valence electrons. The molecule has 1 aromatic heterocycles. The third kappa shape index (κ3) is 2.73. The van der Waals surface area contributed by atoms with Crippen molar-refractivity contribution in [3.05, 3.63) is 75.9 Å². The summed E-state index contributed by atoms with van der Waals surface area (Å²) in [6.45, 7) is 0. The van der Waals surface area contributed by atoms with Gasteiger partial charge >= 0.3 is 0 Å². The Labute approximate surface area is 136 Å². The molecule has 0 radical (unpaired) electrons. The Balaban J connectivity index is 2.11. The van der Waals surface area contributed by atoms with Crippen LogP contribution in [0.3, 0.4) is 0 Å². The van der Waals surface area contributed by atoms with Crippen LogP contribution in [0.5, 0.6) is 0 Å². The van der Waals surface area contributed by atoms with E-state index < -0.39 is 0 Å². The molecule has 0 bridgehead atoms. The van der Waals surface area contributed by atoms with Crippen LogP contribution < -0.4 is 0 Å². The van der Waals surface area contributed by atoms with Crippen molar-refractivity contribution in [2.24, 2.45) is 0 Å². The van der Waals surface area contributed by atoms with Crippen LogP contribution in [0.25, 0.3) is 16.9 Å². The van der Waals surface area contributed by atoms with Gasteiger partial charge in [0, 0.05) is 21.4 Å². The molecule has 4 heteroatoms. The van der Waals surface area contributed by atoms with Crippen molar-refractivity contribution < 1.29 is 0 Å². The molecule has 0 saturated carbocycles. The van der Waals surface area contributed by atoms with E-state index >= 15 is 0 Å². The van der Waals surface area contributed by atoms with Crippen LogP contribution in [0.15, 0.2) is 65.3 Å². The molecule has 1 heterocycles. The normalized spacial score (nSPS) is 10.3. The lowest BCUT2D eigenvalue weighted by Gasteiger charge is -2.11. The van der Waals surface area contributed by atoms with E-state index in [1.165, 1.54) is 0 Å². The van der Waals surface area contributed by atoms with Crippen molar-refractivity contribution in [1.29, 1.82) is 5.26 Å². The van der Waals surface area contributed by atoms with Crippen molar-refractivity contribution in [2.75, 3.05) is 0 Å². The molecule has 0 N–H and O–H groups in total. The zero-order chi connectivity index (χ0) is 14.8. The average Bonchev–Trinajstić information content (AvgIpc) is 2.96. The van der Waals surface area contributed by atoms with Gasteiger partial charge in [-0.05, 0) is 64.0 Å². The average molecular weight is 358 g/mol. The molecule has 0 spiro atoms. The van der Waals surface area contributed by atoms with Crippen LogP contribution in [0.2, 0.25) is 5.02 Å². The predicted octanol–water partition coefficient (Wildman–Crippen LogP) is 5.43. The molecule has 21 heavy (non-hydrogen) atoms. The molecule has 0 amide bonds. The van der Waals surface area contributed by atoms with Gasteiger partial charge in [-0.25, -0.2) is 0 Å². The number of halogens is 2. The molecule has 0 aliphatic carbocycles. The van der Waals surface area contributed by atoms with Crippen molar-refractivity contribution in [3.63, 3.8) is 0 Å². The summed E-state index contributed by atoms with van der Waals surface area (Å²) in [7, 11) is 0. The van der Waals surface area contributed by atoms with E-state index in [1.807, 2.05) is 54.7 Å². The van der Waals surface area contributed by atoms with Gasteiger partial charge in [0.05, 0.1) is 11.3 Å². The van der Waals surface area contributed by atoms with Gasteiger partial charge in [0.1, 0.15) is 6.07 Å². The lowest BCUT2D eigenvalue weighted by Crippen LogP contribution is -1.95. The Kier molecular flexibility index (Phi) is 3.83. The number of rotatable bonds is 2. The Morgan fingerprint density at radius 2 is 1.90 bits per heavy atom. The van der Waals surface area contributed by atoms with E-state index in [0.717, 1.165) is 21.4 Å². The monoisotopic (exact) mass is 356 g/mol. The molecular weight excluding hydrogens is 348 g/mol. The van der Waals surface area contributed by atoms with Gasteiger partial charge in [-0.1, -0.05) is 23.7 Å². The Bertz CT molecular complexity index is 846. The summed E-state index contributed by atoms with van der Waals surface area (Å²) < 4.78 is 2.85. The summed E-state index contributed by atoms with van der Waals surface area (Å²) >= 11 is 9.50. The molecule has 0 saturated heterocycles. The minimum atomic E-state index is 0.621. The molecule has 0 fully saturated rings. The Morgan fingerprint density at radius 3 is 2.62 bits per heavy atom. The summed E-state index contributed by atoms with van der Waals surface area (Å²) in [5.74, 6) is 0. The van der Waals surface area contributed by atoms with Gasteiger partial charge < -0.3 is 4.57 Å². The number of nitrogens with zero attached hydrogens (tertiary/aromatic N) is 2. The van der Waals surface area contributed by atoms with Crippen molar-refractivity contribution in [1.82, 2.24) is 4.57 Å². The molecule has 3 rings (SSSR count). The first kappa shape index (κ1) is 13.9. The Morgan fingerprint density at radius 1 is 1.05 bits per heavy atom. The highest BCUT2D eigenvalue weighted by Gasteiger charge is 2.08. The second-order valence-corrected chi connectivity index (χ2v) is 5.84. The first-order valence-corrected chi connectivity index (χ1v) is 7.49. The highest BCUT2D eigenvalue weighted by molar-refractivity contribution is 9.10. The molecule has 0 aliphatic rings. The fourth-order valence-electron chi connectivity index (χ4n) is 2.23. The predicted molar refractivity (Wildman–Crippen MR) is 88.6 cm³/mol. The van der Waals surface area contributed by atoms with E-state index in [9.17, 15) is 0 Å². The smallest absolute Gasteiger partial charge is 0.100 e. The van der Waals surface area contributed by atoms with Gasteiger partial charge in [0.15, 0.2) is 0 Å². The molecule has 2 nitrogen and oxygen atoms in total. The maximum atomic E-state index is 9.00. The van der Waals surface area contributed by atoms with Crippen LogP contribution in [0, 0.1) is 11.3 Å². The lowest BCUT2D eigenvalue weighted by molar-refractivity contribution is 1.08. The van der Waals surface area contributed by atoms with E-state index in [2.05, 4.69) is 26.6 Å². The van der Waals surface area contributed by atoms with Gasteiger partial charge in [-0.3, -0.25) is 0 Å². The minimum Gasteiger partial charge on any atom is -0.317 e. The first-order valence-electron chi connectivity index (χ1n) is 6.32. The van der Waals surface area contributed by atoms with E-state index in [1.54, 1.807) is 6.07 Å². The summed E-state index contributed by atoms with van der Waals surface area (Å²) in [4.78, 5) is 0. The Hall–Kier alpha value is -2.02. The number of hydrogen-bond donors (Lipinski definition) is 0. The lowest BCUT2D eigenvalue weighted by atomic mass is 10.1. The van der Waals surface area contributed by atoms with Crippen molar-refractivity contribution in [3.8, 4) is 23.0 Å². The van der Waals surface area contributed by atoms with Crippen LogP contribution in [0.1, 0.15) is 5.56 Å². The molecular formula is C17H10BrClN2. The second kappa shape index (κ2) is 5.77. The molecule has 0 aliphatic heterocycles. The van der Waals surface area contributed by atoms with Crippen molar-refractivity contribution >= 4 is 27.5 Å². The number of nitriles is 1. The van der Waals surface area contributed by atoms with E-state index in [4.69, 9.17) is 16.9 Å². The zero-order valence-corrected chi connectivity index (χ0v) is 13.3. The van der Waals surface area contributed by atoms with E-state index in [-0.39, 0.29) is 0 Å². The summed E-state index contributed by atoms with van der Waals surface area (Å²) in [6, 6.07) is 19.6. The molecule has 0 atom stereocenters. The first-order chi connectivity index (χ1) is 10.2. The summed E-state index contributed by atoms with van der Waals surface area (Å²) in [6.07, 6.45) is 1.99. The SMILES string of the molecule is N#Cc1ccc(-n2cccc2-c2cccc(Cl)c2)cc1Br. The highest BCUT2D eigenvalue weighted by atomic mass is 79.9. The third-order valence-electron chi connectivity index (χ3n) is 3.22. The van der Waals surface area contributed by atoms with Crippen LogP contribution in [-0.2, 0) is 0 Å². The molecule has 3 aromatic rings. The number of hydrogen-bond acceptors (Lipinski definition) is 1. The van der Waals surface area contributed by atoms with Crippen LogP contribution in [0.4, 0.5) is 0 Å². The molecule has 2 aromatic carbocycles. The highest BCUT2D eigenvalue weighted by Crippen LogP contribution is 2.28. The fourth-order valence-corrected chi connectivity index (χ4v) is 2.88. The maximum Gasteiger partial charge on any atom is 0.100 e. The zero-order valence-electron chi connectivity index (χ0n) is 10.9. The van der Waals surface area contributed by atoms with Gasteiger partial charge in [0.25, 0.3) is 0 Å². The molecule has 0 unspecified atom stereocenters. The van der Waals surface area contributed by atoms with Gasteiger partial charge in [0.2, 0.25) is 0 Å². The summed E-state index contributed by atoms with van der Waals surface area (Å²) in [5, 5.41) is 9.71. The largest absolute Gasteiger partial charge is 0.317 e. The van der Waals surface area contributed by atoms with E-state index in [0.29, 0.717) is 10.6 Å². The van der Waals surface area contributed by atoms with Crippen molar-refractivity contribution in [2.45, 2.75) is 0 Å². The standard InChI is InChI=1S/C17H10BrClN2/c18-16-10-15(7-6-13(16)11-20)21-8-2-5-17(21)12-3-1-4-14(19)9-12/h1-10H. The van der Waals surface area contributed by atoms with Crippen LogP contribution in [-0.4, -0.2) is 4.57 Å². The fraction of sp³-hybridized carbons (Fsp3) is 0. The quantitative estimate of drug-likeness (QED) is 0.601. The minimum absolute atomic E-state index is 0.621. The topological polar surface area (TPSA) is 28.7 Å². The number of aromatic nitrogens is 1. The van der Waals surface area contributed by atoms with Crippen LogP contribution >= 0.6 is 27.5 Å². The summed E-state index contributed by atoms with van der Waals surface area (Å²) in [5.41, 5.74) is 3.71. The van der Waals surface area contributed by atoms with Gasteiger partial charge in [-0.15, -0.1) is 0 Å². The third-order valence-corrected chi connectivity index (χ3v) is 4.11. The van der Waals surface area contributed by atoms with Gasteiger partial charge in [-0.2, -0.15) is 5.26 Å².